The lowest BCUT2D eigenvalue weighted by atomic mass is 9.95. The molecule has 2 aromatic carbocycles. The van der Waals surface area contributed by atoms with Crippen molar-refractivity contribution in [1.82, 2.24) is 5.32 Å². The molecule has 134 valence electrons. The third-order valence-corrected chi connectivity index (χ3v) is 4.15. The Labute approximate surface area is 149 Å². The Morgan fingerprint density at radius 3 is 2.54 bits per heavy atom. The lowest BCUT2D eigenvalue weighted by molar-refractivity contribution is -0.133. The minimum Gasteiger partial charge on any atom is -0.507 e. The van der Waals surface area contributed by atoms with E-state index in [-0.39, 0.29) is 22.8 Å². The molecule has 1 heterocycles. The number of aliphatic hydroxyl groups is 1. The molecule has 0 radical (unpaired) electrons. The van der Waals surface area contributed by atoms with Gasteiger partial charge in [-0.2, -0.15) is 0 Å². The fraction of sp³-hybridized carbons (Fsp3) is 0.158. The molecular formula is C19H17NO6. The number of carbonyl (C=O) groups is 2. The molecule has 1 aliphatic heterocycles. The van der Waals surface area contributed by atoms with E-state index in [1.54, 1.807) is 30.3 Å². The van der Waals surface area contributed by atoms with Gasteiger partial charge in [0.05, 0.1) is 25.8 Å². The van der Waals surface area contributed by atoms with Crippen molar-refractivity contribution in [2.24, 2.45) is 0 Å². The van der Waals surface area contributed by atoms with Crippen LogP contribution in [0.25, 0.3) is 5.76 Å². The standard InChI is InChI=1S/C19H17NO6/c1-25-12-5-3-4-11(8-12)17(22)15-16(20-19(24)18(15)23)10-6-7-13(21)14(9-10)26-2/h3-9,16,21-22H,1-2H3,(H,20,24)/b17-15+. The van der Waals surface area contributed by atoms with Crippen LogP contribution in [0.2, 0.25) is 0 Å². The molecule has 1 unspecified atom stereocenters. The predicted octanol–water partition coefficient (Wildman–Crippen LogP) is 2.12. The maximum absolute atomic E-state index is 12.3. The minimum atomic E-state index is -0.865. The average Bonchev–Trinajstić information content (AvgIpc) is 2.96. The van der Waals surface area contributed by atoms with Crippen LogP contribution in [-0.4, -0.2) is 36.1 Å². The highest BCUT2D eigenvalue weighted by Gasteiger charge is 2.39. The normalized spacial score (nSPS) is 18.5. The zero-order valence-electron chi connectivity index (χ0n) is 14.1. The number of aliphatic hydroxyl groups excluding tert-OH is 1. The van der Waals surface area contributed by atoms with Crippen molar-refractivity contribution < 1.29 is 29.3 Å². The van der Waals surface area contributed by atoms with Gasteiger partial charge < -0.3 is 25.0 Å². The molecule has 7 heteroatoms. The number of carbonyl (C=O) groups excluding carboxylic acids is 2. The molecule has 2 aromatic rings. The first-order valence-electron chi connectivity index (χ1n) is 7.76. The van der Waals surface area contributed by atoms with Gasteiger partial charge in [0.15, 0.2) is 11.5 Å². The Morgan fingerprint density at radius 2 is 1.85 bits per heavy atom. The number of aromatic hydroxyl groups is 1. The van der Waals surface area contributed by atoms with E-state index < -0.39 is 17.7 Å². The van der Waals surface area contributed by atoms with Crippen LogP contribution in [-0.2, 0) is 9.59 Å². The molecule has 0 aliphatic carbocycles. The highest BCUT2D eigenvalue weighted by Crippen LogP contribution is 2.36. The molecular weight excluding hydrogens is 338 g/mol. The van der Waals surface area contributed by atoms with E-state index in [0.29, 0.717) is 16.9 Å². The molecule has 1 atom stereocenters. The highest BCUT2D eigenvalue weighted by atomic mass is 16.5. The van der Waals surface area contributed by atoms with E-state index in [4.69, 9.17) is 9.47 Å². The molecule has 26 heavy (non-hydrogen) atoms. The summed E-state index contributed by atoms with van der Waals surface area (Å²) in [5, 5.41) is 23.0. The molecule has 3 N–H and O–H groups in total. The first-order valence-corrected chi connectivity index (χ1v) is 7.76. The van der Waals surface area contributed by atoms with Gasteiger partial charge in [-0.3, -0.25) is 9.59 Å². The van der Waals surface area contributed by atoms with Gasteiger partial charge in [-0.05, 0) is 29.8 Å². The topological polar surface area (TPSA) is 105 Å². The van der Waals surface area contributed by atoms with E-state index in [2.05, 4.69) is 5.32 Å². The fourth-order valence-corrected chi connectivity index (χ4v) is 2.82. The number of Topliss-reactive ketones (excluding diaryl/α,β-unsaturated/α-hetero) is 1. The van der Waals surface area contributed by atoms with Crippen molar-refractivity contribution in [3.05, 3.63) is 59.2 Å². The molecule has 1 saturated heterocycles. The number of hydrogen-bond acceptors (Lipinski definition) is 6. The van der Waals surface area contributed by atoms with E-state index in [0.717, 1.165) is 0 Å². The summed E-state index contributed by atoms with van der Waals surface area (Å²) in [4.78, 5) is 24.3. The Hall–Kier alpha value is -3.48. The number of nitrogens with one attached hydrogen (secondary N) is 1. The second-order valence-corrected chi connectivity index (χ2v) is 5.66. The second-order valence-electron chi connectivity index (χ2n) is 5.66. The molecule has 0 aromatic heterocycles. The molecule has 0 saturated carbocycles. The van der Waals surface area contributed by atoms with E-state index >= 15 is 0 Å². The number of phenolic OH excluding ortho intramolecular Hbond substituents is 1. The number of ketones is 1. The fourth-order valence-electron chi connectivity index (χ4n) is 2.82. The van der Waals surface area contributed by atoms with Crippen LogP contribution in [0.3, 0.4) is 0 Å². The lowest BCUT2D eigenvalue weighted by Crippen LogP contribution is -2.21. The molecule has 1 aliphatic rings. The van der Waals surface area contributed by atoms with Crippen molar-refractivity contribution in [3.8, 4) is 17.2 Å². The van der Waals surface area contributed by atoms with E-state index in [9.17, 15) is 19.8 Å². The van der Waals surface area contributed by atoms with Gasteiger partial charge in [0, 0.05) is 5.56 Å². The molecule has 3 rings (SSSR count). The predicted molar refractivity (Wildman–Crippen MR) is 93.1 cm³/mol. The SMILES string of the molecule is COc1cccc(/C(O)=C2\C(=O)C(=O)NC2c2ccc(O)c(OC)c2)c1. The van der Waals surface area contributed by atoms with Crippen LogP contribution in [0.5, 0.6) is 17.2 Å². The Bertz CT molecular complexity index is 918. The molecule has 0 bridgehead atoms. The van der Waals surface area contributed by atoms with Crippen LogP contribution in [0, 0.1) is 0 Å². The average molecular weight is 355 g/mol. The van der Waals surface area contributed by atoms with E-state index in [1.807, 2.05) is 0 Å². The van der Waals surface area contributed by atoms with Crippen molar-refractivity contribution in [3.63, 3.8) is 0 Å². The maximum Gasteiger partial charge on any atom is 0.293 e. The van der Waals surface area contributed by atoms with Crippen molar-refractivity contribution in [1.29, 1.82) is 0 Å². The van der Waals surface area contributed by atoms with Crippen LogP contribution < -0.4 is 14.8 Å². The summed E-state index contributed by atoms with van der Waals surface area (Å²) in [6.07, 6.45) is 0. The highest BCUT2D eigenvalue weighted by molar-refractivity contribution is 6.46. The number of hydrogen-bond donors (Lipinski definition) is 3. The van der Waals surface area contributed by atoms with Crippen LogP contribution in [0.4, 0.5) is 0 Å². The summed E-state index contributed by atoms with van der Waals surface area (Å²) < 4.78 is 10.2. The number of phenols is 1. The summed E-state index contributed by atoms with van der Waals surface area (Å²) in [7, 11) is 2.88. The van der Waals surface area contributed by atoms with Crippen LogP contribution in [0.1, 0.15) is 17.2 Å². The Balaban J connectivity index is 2.13. The largest absolute Gasteiger partial charge is 0.507 e. The zero-order chi connectivity index (χ0) is 18.8. The smallest absolute Gasteiger partial charge is 0.293 e. The molecule has 1 fully saturated rings. The quantitative estimate of drug-likeness (QED) is 0.441. The minimum absolute atomic E-state index is 0.0732. The zero-order valence-corrected chi connectivity index (χ0v) is 14.1. The van der Waals surface area contributed by atoms with Gasteiger partial charge in [0.2, 0.25) is 0 Å². The van der Waals surface area contributed by atoms with Crippen molar-refractivity contribution in [2.45, 2.75) is 6.04 Å². The summed E-state index contributed by atoms with van der Waals surface area (Å²) in [6.45, 7) is 0. The van der Waals surface area contributed by atoms with Crippen molar-refractivity contribution >= 4 is 17.4 Å². The van der Waals surface area contributed by atoms with Crippen molar-refractivity contribution in [2.75, 3.05) is 14.2 Å². The number of rotatable bonds is 4. The Morgan fingerprint density at radius 1 is 1.08 bits per heavy atom. The van der Waals surface area contributed by atoms with Gasteiger partial charge >= 0.3 is 0 Å². The van der Waals surface area contributed by atoms with Crippen LogP contribution >= 0.6 is 0 Å². The third kappa shape index (κ3) is 2.95. The number of amides is 1. The number of methoxy groups -OCH3 is 2. The van der Waals surface area contributed by atoms with Gasteiger partial charge in [-0.15, -0.1) is 0 Å². The maximum atomic E-state index is 12.3. The van der Waals surface area contributed by atoms with Gasteiger partial charge in [0.25, 0.3) is 11.7 Å². The lowest BCUT2D eigenvalue weighted by Gasteiger charge is -2.15. The van der Waals surface area contributed by atoms with E-state index in [1.165, 1.54) is 26.4 Å². The Kier molecular flexibility index (Phi) is 4.53. The molecule has 0 spiro atoms. The number of ether oxygens (including phenoxy) is 2. The third-order valence-electron chi connectivity index (χ3n) is 4.15. The monoisotopic (exact) mass is 355 g/mol. The first kappa shape index (κ1) is 17.3. The van der Waals surface area contributed by atoms with Gasteiger partial charge in [-0.25, -0.2) is 0 Å². The van der Waals surface area contributed by atoms with Gasteiger partial charge in [0.1, 0.15) is 11.5 Å². The molecule has 7 nitrogen and oxygen atoms in total. The first-order chi connectivity index (χ1) is 12.5. The summed E-state index contributed by atoms with van der Waals surface area (Å²) >= 11 is 0. The summed E-state index contributed by atoms with van der Waals surface area (Å²) in [5.74, 6) is -1.33. The van der Waals surface area contributed by atoms with Gasteiger partial charge in [-0.1, -0.05) is 18.2 Å². The van der Waals surface area contributed by atoms with Crippen LogP contribution in [0.15, 0.2) is 48.0 Å². The summed E-state index contributed by atoms with van der Waals surface area (Å²) in [6, 6.07) is 10.1. The number of benzene rings is 2. The molecule has 1 amide bonds. The second kappa shape index (κ2) is 6.79. The summed E-state index contributed by atoms with van der Waals surface area (Å²) in [5.41, 5.74) is 0.763.